The molecule has 0 aliphatic carbocycles. The Bertz CT molecular complexity index is 1080. The minimum Gasteiger partial charge on any atom is -0.493 e. The molecule has 3 aromatic carbocycles. The van der Waals surface area contributed by atoms with Gasteiger partial charge in [-0.2, -0.15) is 0 Å². The molecule has 4 aromatic rings. The number of aryl methyl sites for hydroxylation is 3. The zero-order valence-electron chi connectivity index (χ0n) is 17.3. The lowest BCUT2D eigenvalue weighted by molar-refractivity contribution is 0.301. The molecule has 3 nitrogen and oxygen atoms in total. The first-order chi connectivity index (χ1) is 14.2. The summed E-state index contributed by atoms with van der Waals surface area (Å²) in [7, 11) is 0. The summed E-state index contributed by atoms with van der Waals surface area (Å²) < 4.78 is 8.40. The number of hydrogen-bond donors (Lipinski definition) is 0. The van der Waals surface area contributed by atoms with Crippen molar-refractivity contribution >= 4 is 11.0 Å². The van der Waals surface area contributed by atoms with Crippen molar-refractivity contribution in [1.82, 2.24) is 9.55 Å². The second-order valence-corrected chi connectivity index (χ2v) is 7.66. The van der Waals surface area contributed by atoms with E-state index in [1.807, 2.05) is 0 Å². The summed E-state index contributed by atoms with van der Waals surface area (Å²) >= 11 is 0. The van der Waals surface area contributed by atoms with Crippen LogP contribution in [0.1, 0.15) is 35.4 Å². The van der Waals surface area contributed by atoms with E-state index in [2.05, 4.69) is 91.2 Å². The number of aromatic nitrogens is 2. The van der Waals surface area contributed by atoms with Crippen LogP contribution in [0.5, 0.6) is 5.75 Å². The summed E-state index contributed by atoms with van der Waals surface area (Å²) in [6.45, 7) is 5.90. The van der Waals surface area contributed by atoms with E-state index >= 15 is 0 Å². The zero-order chi connectivity index (χ0) is 20.1. The fraction of sp³-hybridized carbons (Fsp3) is 0.269. The maximum Gasteiger partial charge on any atom is 0.122 e. The molecule has 0 unspecified atom stereocenters. The number of rotatable bonds is 8. The van der Waals surface area contributed by atoms with E-state index in [1.54, 1.807) is 0 Å². The highest BCUT2D eigenvalue weighted by molar-refractivity contribution is 5.76. The number of nitrogens with zero attached hydrogens (tertiary/aromatic N) is 2. The first-order valence-electron chi connectivity index (χ1n) is 10.4. The van der Waals surface area contributed by atoms with E-state index in [-0.39, 0.29) is 0 Å². The fourth-order valence-electron chi connectivity index (χ4n) is 3.71. The van der Waals surface area contributed by atoms with E-state index in [1.165, 1.54) is 22.2 Å². The average Bonchev–Trinajstić information content (AvgIpc) is 3.08. The molecule has 3 heteroatoms. The SMILES string of the molecule is Cc1ccc(C)c(OCCCCn2c(Cc3ccccc3)nc3ccccc32)c1. The first kappa shape index (κ1) is 19.3. The molecule has 148 valence electrons. The van der Waals surface area contributed by atoms with Crippen molar-refractivity contribution in [3.63, 3.8) is 0 Å². The summed E-state index contributed by atoms with van der Waals surface area (Å²) in [5, 5.41) is 0. The molecule has 0 bridgehead atoms. The number of benzene rings is 3. The number of imidazole rings is 1. The molecule has 0 saturated heterocycles. The monoisotopic (exact) mass is 384 g/mol. The molecule has 29 heavy (non-hydrogen) atoms. The van der Waals surface area contributed by atoms with Crippen LogP contribution < -0.4 is 4.74 Å². The predicted octanol–water partition coefficient (Wildman–Crippen LogP) is 6.10. The maximum absolute atomic E-state index is 6.03. The molecular formula is C26H28N2O. The van der Waals surface area contributed by atoms with Gasteiger partial charge in [0.1, 0.15) is 11.6 Å². The summed E-state index contributed by atoms with van der Waals surface area (Å²) in [4.78, 5) is 4.91. The van der Waals surface area contributed by atoms with Gasteiger partial charge >= 0.3 is 0 Å². The van der Waals surface area contributed by atoms with Crippen molar-refractivity contribution in [1.29, 1.82) is 0 Å². The summed E-state index contributed by atoms with van der Waals surface area (Å²) in [6, 6.07) is 25.4. The van der Waals surface area contributed by atoms with E-state index in [9.17, 15) is 0 Å². The molecule has 0 aliphatic rings. The van der Waals surface area contributed by atoms with Gasteiger partial charge in [0.2, 0.25) is 0 Å². The lowest BCUT2D eigenvalue weighted by Gasteiger charge is -2.12. The smallest absolute Gasteiger partial charge is 0.122 e. The normalized spacial score (nSPS) is 11.1. The zero-order valence-corrected chi connectivity index (χ0v) is 17.3. The fourth-order valence-corrected chi connectivity index (χ4v) is 3.71. The lowest BCUT2D eigenvalue weighted by atomic mass is 10.1. The van der Waals surface area contributed by atoms with Crippen LogP contribution in [0.2, 0.25) is 0 Å². The van der Waals surface area contributed by atoms with Crippen molar-refractivity contribution < 1.29 is 4.74 Å². The van der Waals surface area contributed by atoms with Crippen molar-refractivity contribution in [3.05, 3.63) is 95.3 Å². The van der Waals surface area contributed by atoms with E-state index in [4.69, 9.17) is 9.72 Å². The lowest BCUT2D eigenvalue weighted by Crippen LogP contribution is -2.07. The molecule has 0 saturated carbocycles. The van der Waals surface area contributed by atoms with Crippen LogP contribution in [0, 0.1) is 13.8 Å². The summed E-state index contributed by atoms with van der Waals surface area (Å²) in [5.74, 6) is 2.13. The summed E-state index contributed by atoms with van der Waals surface area (Å²) in [5.41, 5.74) is 6.02. The van der Waals surface area contributed by atoms with Gasteiger partial charge in [-0.15, -0.1) is 0 Å². The number of unbranched alkanes of at least 4 members (excludes halogenated alkanes) is 1. The third-order valence-electron chi connectivity index (χ3n) is 5.32. The predicted molar refractivity (Wildman–Crippen MR) is 120 cm³/mol. The van der Waals surface area contributed by atoms with Gasteiger partial charge < -0.3 is 9.30 Å². The number of fused-ring (bicyclic) bond motifs is 1. The van der Waals surface area contributed by atoms with Gasteiger partial charge in [-0.05, 0) is 61.6 Å². The summed E-state index contributed by atoms with van der Waals surface area (Å²) in [6.07, 6.45) is 2.94. The van der Waals surface area contributed by atoms with Gasteiger partial charge in [-0.1, -0.05) is 54.6 Å². The molecule has 0 atom stereocenters. The minimum atomic E-state index is 0.741. The highest BCUT2D eigenvalue weighted by atomic mass is 16.5. The molecule has 0 aliphatic heterocycles. The van der Waals surface area contributed by atoms with Crippen LogP contribution in [0.15, 0.2) is 72.8 Å². The molecule has 1 aromatic heterocycles. The number of ether oxygens (including phenoxy) is 1. The molecule has 0 fully saturated rings. The van der Waals surface area contributed by atoms with Gasteiger partial charge in [0, 0.05) is 13.0 Å². The van der Waals surface area contributed by atoms with Crippen LogP contribution >= 0.6 is 0 Å². The van der Waals surface area contributed by atoms with Crippen LogP contribution in [0.4, 0.5) is 0 Å². The number of hydrogen-bond acceptors (Lipinski definition) is 2. The molecule has 4 rings (SSSR count). The van der Waals surface area contributed by atoms with Crippen LogP contribution in [-0.2, 0) is 13.0 Å². The Morgan fingerprint density at radius 3 is 2.52 bits per heavy atom. The Morgan fingerprint density at radius 2 is 1.66 bits per heavy atom. The standard InChI is InChI=1S/C26H28N2O/c1-20-14-15-21(2)25(18-20)29-17-9-8-16-28-24-13-7-6-12-23(24)27-26(28)19-22-10-4-3-5-11-22/h3-7,10-15,18H,8-9,16-17,19H2,1-2H3. The van der Waals surface area contributed by atoms with Crippen molar-refractivity contribution in [2.24, 2.45) is 0 Å². The molecule has 0 spiro atoms. The van der Waals surface area contributed by atoms with Gasteiger partial charge in [-0.25, -0.2) is 4.98 Å². The van der Waals surface area contributed by atoms with E-state index in [0.717, 1.165) is 49.5 Å². The topological polar surface area (TPSA) is 27.1 Å². The first-order valence-corrected chi connectivity index (χ1v) is 10.4. The van der Waals surface area contributed by atoms with Gasteiger partial charge in [0.15, 0.2) is 0 Å². The Balaban J connectivity index is 1.41. The van der Waals surface area contributed by atoms with Crippen molar-refractivity contribution in [3.8, 4) is 5.75 Å². The van der Waals surface area contributed by atoms with E-state index < -0.39 is 0 Å². The Morgan fingerprint density at radius 1 is 0.862 bits per heavy atom. The number of para-hydroxylation sites is 2. The Hall–Kier alpha value is -3.07. The van der Waals surface area contributed by atoms with E-state index in [0.29, 0.717) is 0 Å². The minimum absolute atomic E-state index is 0.741. The molecule has 0 N–H and O–H groups in total. The molecule has 1 heterocycles. The second kappa shape index (κ2) is 8.95. The second-order valence-electron chi connectivity index (χ2n) is 7.66. The molecule has 0 amide bonds. The quantitative estimate of drug-likeness (QED) is 0.343. The average molecular weight is 385 g/mol. The maximum atomic E-state index is 6.03. The van der Waals surface area contributed by atoms with Gasteiger partial charge in [-0.3, -0.25) is 0 Å². The van der Waals surface area contributed by atoms with Gasteiger partial charge in [0.25, 0.3) is 0 Å². The molecule has 0 radical (unpaired) electrons. The Labute approximate surface area is 173 Å². The molecular weight excluding hydrogens is 356 g/mol. The van der Waals surface area contributed by atoms with Gasteiger partial charge in [0.05, 0.1) is 17.6 Å². The largest absolute Gasteiger partial charge is 0.493 e. The third kappa shape index (κ3) is 4.68. The highest BCUT2D eigenvalue weighted by Crippen LogP contribution is 2.21. The Kier molecular flexibility index (Phi) is 5.95. The van der Waals surface area contributed by atoms with Crippen LogP contribution in [-0.4, -0.2) is 16.2 Å². The van der Waals surface area contributed by atoms with Crippen molar-refractivity contribution in [2.75, 3.05) is 6.61 Å². The van der Waals surface area contributed by atoms with Crippen molar-refractivity contribution in [2.45, 2.75) is 39.7 Å². The highest BCUT2D eigenvalue weighted by Gasteiger charge is 2.11. The third-order valence-corrected chi connectivity index (χ3v) is 5.32. The van der Waals surface area contributed by atoms with Crippen LogP contribution in [0.25, 0.3) is 11.0 Å². The van der Waals surface area contributed by atoms with Crippen LogP contribution in [0.3, 0.4) is 0 Å².